The zero-order valence-electron chi connectivity index (χ0n) is 16.1. The lowest BCUT2D eigenvalue weighted by Crippen LogP contribution is -2.42. The first-order valence-electron chi connectivity index (χ1n) is 8.93. The lowest BCUT2D eigenvalue weighted by molar-refractivity contribution is -0.119. The second kappa shape index (κ2) is 9.94. The van der Waals surface area contributed by atoms with E-state index in [0.717, 1.165) is 22.8 Å². The fraction of sp³-hybridized carbons (Fsp3) is 0.250. The molecule has 2 N–H and O–H groups in total. The molecule has 3 aromatic rings. The summed E-state index contributed by atoms with van der Waals surface area (Å²) in [6, 6.07) is 12.3. The van der Waals surface area contributed by atoms with E-state index in [1.54, 1.807) is 31.4 Å². The number of hydrogen-bond donors (Lipinski definition) is 2. The number of amides is 2. The number of rotatable bonds is 8. The second-order valence-electron chi connectivity index (χ2n) is 5.90. The number of ether oxygens (including phenoxy) is 2. The van der Waals surface area contributed by atoms with Crippen molar-refractivity contribution >= 4 is 34.7 Å². The highest BCUT2D eigenvalue weighted by molar-refractivity contribution is 7.99. The number of carbonyl (C=O) groups is 2. The summed E-state index contributed by atoms with van der Waals surface area (Å²) in [7, 11) is 1.55. The third-order valence-electron chi connectivity index (χ3n) is 3.92. The Balaban J connectivity index is 1.52. The Hall–Kier alpha value is -3.04. The summed E-state index contributed by atoms with van der Waals surface area (Å²) in [5.74, 6) is -0.140. The Morgan fingerprint density at radius 3 is 2.76 bits per heavy atom. The van der Waals surface area contributed by atoms with E-state index >= 15 is 0 Å². The van der Waals surface area contributed by atoms with Gasteiger partial charge in [-0.15, -0.1) is 0 Å². The number of methoxy groups -OCH3 is 1. The Morgan fingerprint density at radius 2 is 2.00 bits per heavy atom. The van der Waals surface area contributed by atoms with Gasteiger partial charge < -0.3 is 13.9 Å². The molecule has 9 heteroatoms. The molecule has 3 rings (SSSR count). The molecule has 0 radical (unpaired) electrons. The zero-order valence-corrected chi connectivity index (χ0v) is 16.9. The quantitative estimate of drug-likeness (QED) is 0.431. The Bertz CT molecular complexity index is 972. The van der Waals surface area contributed by atoms with Gasteiger partial charge in [-0.1, -0.05) is 23.9 Å². The van der Waals surface area contributed by atoms with Gasteiger partial charge in [0.15, 0.2) is 5.58 Å². The molecular weight excluding hydrogens is 394 g/mol. The van der Waals surface area contributed by atoms with Crippen molar-refractivity contribution in [2.45, 2.75) is 18.8 Å². The van der Waals surface area contributed by atoms with Gasteiger partial charge in [0.05, 0.1) is 19.5 Å². The van der Waals surface area contributed by atoms with Crippen LogP contribution in [0, 0.1) is 0 Å². The number of oxazole rings is 1. The zero-order chi connectivity index (χ0) is 20.6. The molecule has 0 aliphatic carbocycles. The fourth-order valence-corrected chi connectivity index (χ4v) is 3.16. The molecule has 0 bridgehead atoms. The van der Waals surface area contributed by atoms with E-state index in [-0.39, 0.29) is 11.7 Å². The van der Waals surface area contributed by atoms with Gasteiger partial charge in [0.2, 0.25) is 5.91 Å². The van der Waals surface area contributed by atoms with Gasteiger partial charge in [-0.2, -0.15) is 0 Å². The van der Waals surface area contributed by atoms with E-state index < -0.39 is 5.91 Å². The first-order chi connectivity index (χ1) is 14.1. The van der Waals surface area contributed by atoms with Crippen molar-refractivity contribution in [3.63, 3.8) is 0 Å². The SMILES string of the molecule is CCOCc1cc(C(=O)NNC(=O)CSc2nc3ccccc3o2)ccc1OC. The molecule has 0 spiro atoms. The Kier molecular flexibility index (Phi) is 7.09. The molecule has 0 fully saturated rings. The smallest absolute Gasteiger partial charge is 0.269 e. The molecule has 0 aliphatic heterocycles. The van der Waals surface area contributed by atoms with Crippen LogP contribution in [0.1, 0.15) is 22.8 Å². The Labute approximate surface area is 171 Å². The molecular formula is C20H21N3O5S. The van der Waals surface area contributed by atoms with Crippen molar-refractivity contribution in [2.24, 2.45) is 0 Å². The number of fused-ring (bicyclic) bond motifs is 1. The molecule has 8 nitrogen and oxygen atoms in total. The van der Waals surface area contributed by atoms with Crippen molar-refractivity contribution in [2.75, 3.05) is 19.5 Å². The van der Waals surface area contributed by atoms with E-state index in [4.69, 9.17) is 13.9 Å². The minimum atomic E-state index is -0.439. The van der Waals surface area contributed by atoms with E-state index in [1.807, 2.05) is 25.1 Å². The van der Waals surface area contributed by atoms with E-state index in [1.165, 1.54) is 0 Å². The molecule has 152 valence electrons. The van der Waals surface area contributed by atoms with Crippen LogP contribution in [0.3, 0.4) is 0 Å². The van der Waals surface area contributed by atoms with Gasteiger partial charge in [-0.3, -0.25) is 20.4 Å². The van der Waals surface area contributed by atoms with Crippen LogP contribution < -0.4 is 15.6 Å². The number of carbonyl (C=O) groups excluding carboxylic acids is 2. The minimum Gasteiger partial charge on any atom is -0.496 e. The number of hydrazine groups is 1. The predicted octanol–water partition coefficient (Wildman–Crippen LogP) is 2.93. The molecule has 0 atom stereocenters. The van der Waals surface area contributed by atoms with Gasteiger partial charge in [-0.25, -0.2) is 4.98 Å². The van der Waals surface area contributed by atoms with E-state index in [9.17, 15) is 9.59 Å². The molecule has 29 heavy (non-hydrogen) atoms. The maximum atomic E-state index is 12.3. The van der Waals surface area contributed by atoms with Crippen LogP contribution in [0.25, 0.3) is 11.1 Å². The summed E-state index contributed by atoms with van der Waals surface area (Å²) in [6.07, 6.45) is 0. The number of thioether (sulfide) groups is 1. The van der Waals surface area contributed by atoms with Crippen LogP contribution in [0.15, 0.2) is 52.1 Å². The van der Waals surface area contributed by atoms with Crippen molar-refractivity contribution in [1.29, 1.82) is 0 Å². The second-order valence-corrected chi connectivity index (χ2v) is 6.83. The standard InChI is InChI=1S/C20H21N3O5S/c1-3-27-11-14-10-13(8-9-16(14)26-2)19(25)23-22-18(24)12-29-20-21-15-6-4-5-7-17(15)28-20/h4-10H,3,11-12H2,1-2H3,(H,22,24)(H,23,25). The van der Waals surface area contributed by atoms with Crippen LogP contribution in [0.4, 0.5) is 0 Å². The van der Waals surface area contributed by atoms with Gasteiger partial charge in [0.25, 0.3) is 11.1 Å². The third-order valence-corrected chi connectivity index (χ3v) is 4.75. The molecule has 0 unspecified atom stereocenters. The number of aromatic nitrogens is 1. The summed E-state index contributed by atoms with van der Waals surface area (Å²) in [4.78, 5) is 28.6. The van der Waals surface area contributed by atoms with Crippen molar-refractivity contribution < 1.29 is 23.5 Å². The average Bonchev–Trinajstić information content (AvgIpc) is 3.17. The summed E-state index contributed by atoms with van der Waals surface area (Å²) in [6.45, 7) is 2.76. The summed E-state index contributed by atoms with van der Waals surface area (Å²) in [5, 5.41) is 0.392. The van der Waals surface area contributed by atoms with Crippen LogP contribution in [-0.2, 0) is 16.1 Å². The van der Waals surface area contributed by atoms with E-state index in [0.29, 0.717) is 35.3 Å². The monoisotopic (exact) mass is 415 g/mol. The summed E-state index contributed by atoms with van der Waals surface area (Å²) >= 11 is 1.14. The normalized spacial score (nSPS) is 10.7. The fourth-order valence-electron chi connectivity index (χ4n) is 2.52. The molecule has 0 saturated carbocycles. The maximum Gasteiger partial charge on any atom is 0.269 e. The molecule has 2 aromatic carbocycles. The van der Waals surface area contributed by atoms with Crippen molar-refractivity contribution in [1.82, 2.24) is 15.8 Å². The lowest BCUT2D eigenvalue weighted by Gasteiger charge is -2.11. The number of benzene rings is 2. The van der Waals surface area contributed by atoms with E-state index in [2.05, 4.69) is 15.8 Å². The van der Waals surface area contributed by atoms with Gasteiger partial charge in [-0.05, 0) is 37.3 Å². The third kappa shape index (κ3) is 5.49. The first-order valence-corrected chi connectivity index (χ1v) is 9.91. The van der Waals surface area contributed by atoms with Gasteiger partial charge >= 0.3 is 0 Å². The topological polar surface area (TPSA) is 103 Å². The molecule has 1 aromatic heterocycles. The highest BCUT2D eigenvalue weighted by Crippen LogP contribution is 2.23. The predicted molar refractivity (Wildman–Crippen MR) is 109 cm³/mol. The van der Waals surface area contributed by atoms with Crippen molar-refractivity contribution in [3.05, 3.63) is 53.6 Å². The summed E-state index contributed by atoms with van der Waals surface area (Å²) < 4.78 is 16.2. The highest BCUT2D eigenvalue weighted by Gasteiger charge is 2.13. The lowest BCUT2D eigenvalue weighted by atomic mass is 10.1. The van der Waals surface area contributed by atoms with Crippen molar-refractivity contribution in [3.8, 4) is 5.75 Å². The van der Waals surface area contributed by atoms with Gasteiger partial charge in [0.1, 0.15) is 11.3 Å². The van der Waals surface area contributed by atoms with Gasteiger partial charge in [0, 0.05) is 17.7 Å². The number of hydrogen-bond acceptors (Lipinski definition) is 7. The molecule has 0 aliphatic rings. The van der Waals surface area contributed by atoms with Crippen LogP contribution in [0.5, 0.6) is 5.75 Å². The first kappa shape index (κ1) is 20.7. The number of nitrogens with one attached hydrogen (secondary N) is 2. The highest BCUT2D eigenvalue weighted by atomic mass is 32.2. The largest absolute Gasteiger partial charge is 0.496 e. The average molecular weight is 415 g/mol. The van der Waals surface area contributed by atoms with Crippen LogP contribution >= 0.6 is 11.8 Å². The van der Waals surface area contributed by atoms with Crippen LogP contribution in [-0.4, -0.2) is 36.3 Å². The molecule has 2 amide bonds. The summed E-state index contributed by atoms with van der Waals surface area (Å²) in [5.41, 5.74) is 7.30. The molecule has 1 heterocycles. The maximum absolute atomic E-state index is 12.3. The Morgan fingerprint density at radius 1 is 1.17 bits per heavy atom. The van der Waals surface area contributed by atoms with Crippen LogP contribution in [0.2, 0.25) is 0 Å². The number of para-hydroxylation sites is 2. The molecule has 0 saturated heterocycles. The minimum absolute atomic E-state index is 0.0469. The number of nitrogens with zero attached hydrogens (tertiary/aromatic N) is 1.